The van der Waals surface area contributed by atoms with E-state index >= 15 is 0 Å². The lowest BCUT2D eigenvalue weighted by atomic mass is 9.75. The van der Waals surface area contributed by atoms with Crippen molar-refractivity contribution in [2.24, 2.45) is 11.3 Å². The molecular weight excluding hydrogens is 203 g/mol. The van der Waals surface area contributed by atoms with Crippen molar-refractivity contribution in [3.63, 3.8) is 0 Å². The van der Waals surface area contributed by atoms with E-state index in [0.29, 0.717) is 18.8 Å². The summed E-state index contributed by atoms with van der Waals surface area (Å²) in [6.45, 7) is 9.05. The van der Waals surface area contributed by atoms with Crippen molar-refractivity contribution in [3.05, 3.63) is 0 Å². The molecule has 1 nitrogen and oxygen atoms in total. The SMILES string of the molecule is CC[C@H](F)C[C@]1(COC(C)C)CCCC1C. The monoisotopic (exact) mass is 230 g/mol. The highest BCUT2D eigenvalue weighted by molar-refractivity contribution is 4.91. The van der Waals surface area contributed by atoms with Crippen LogP contribution in [0, 0.1) is 11.3 Å². The van der Waals surface area contributed by atoms with E-state index < -0.39 is 6.17 Å². The molecule has 3 atom stereocenters. The zero-order valence-electron chi connectivity index (χ0n) is 11.3. The number of hydrogen-bond acceptors (Lipinski definition) is 1. The van der Waals surface area contributed by atoms with Crippen molar-refractivity contribution in [2.75, 3.05) is 6.61 Å². The van der Waals surface area contributed by atoms with Gasteiger partial charge in [0.2, 0.25) is 0 Å². The molecule has 1 unspecified atom stereocenters. The van der Waals surface area contributed by atoms with Crippen LogP contribution in [0.2, 0.25) is 0 Å². The van der Waals surface area contributed by atoms with Crippen molar-refractivity contribution in [1.82, 2.24) is 0 Å². The van der Waals surface area contributed by atoms with Gasteiger partial charge in [-0.25, -0.2) is 4.39 Å². The van der Waals surface area contributed by atoms with Crippen LogP contribution in [0.1, 0.15) is 59.8 Å². The second-order valence-electron chi connectivity index (χ2n) is 5.73. The molecule has 0 N–H and O–H groups in total. The summed E-state index contributed by atoms with van der Waals surface area (Å²) >= 11 is 0. The number of ether oxygens (including phenoxy) is 1. The molecule has 0 spiro atoms. The maximum atomic E-state index is 13.7. The lowest BCUT2D eigenvalue weighted by molar-refractivity contribution is -0.0241. The van der Waals surface area contributed by atoms with Crippen LogP contribution in [-0.2, 0) is 4.74 Å². The Morgan fingerprint density at radius 3 is 2.56 bits per heavy atom. The molecule has 0 aliphatic heterocycles. The molecule has 0 bridgehead atoms. The minimum atomic E-state index is -0.656. The summed E-state index contributed by atoms with van der Waals surface area (Å²) in [5, 5.41) is 0. The molecule has 1 aliphatic carbocycles. The van der Waals surface area contributed by atoms with Gasteiger partial charge in [-0.1, -0.05) is 26.7 Å². The normalized spacial score (nSPS) is 32.2. The predicted molar refractivity (Wildman–Crippen MR) is 66.3 cm³/mol. The van der Waals surface area contributed by atoms with Crippen molar-refractivity contribution in [1.29, 1.82) is 0 Å². The fraction of sp³-hybridized carbons (Fsp3) is 1.00. The highest BCUT2D eigenvalue weighted by Gasteiger charge is 2.42. The molecule has 0 aromatic rings. The van der Waals surface area contributed by atoms with Crippen LogP contribution < -0.4 is 0 Å². The second kappa shape index (κ2) is 6.00. The average molecular weight is 230 g/mol. The zero-order valence-corrected chi connectivity index (χ0v) is 11.3. The van der Waals surface area contributed by atoms with Crippen molar-refractivity contribution >= 4 is 0 Å². The summed E-state index contributed by atoms with van der Waals surface area (Å²) in [6.07, 6.45) is 4.53. The van der Waals surface area contributed by atoms with Crippen LogP contribution in [0.5, 0.6) is 0 Å². The Morgan fingerprint density at radius 2 is 2.12 bits per heavy atom. The third-order valence-corrected chi connectivity index (χ3v) is 4.13. The fourth-order valence-corrected chi connectivity index (χ4v) is 2.81. The summed E-state index contributed by atoms with van der Waals surface area (Å²) in [5.41, 5.74) is 0.111. The number of halogens is 1. The standard InChI is InChI=1S/C14H27FO/c1-5-13(15)9-14(10-16-11(2)3)8-6-7-12(14)4/h11-13H,5-10H2,1-4H3/t12?,13-,14-/m0/s1. The van der Waals surface area contributed by atoms with Gasteiger partial charge in [0.1, 0.15) is 6.17 Å². The number of hydrogen-bond donors (Lipinski definition) is 0. The summed E-state index contributed by atoms with van der Waals surface area (Å²) in [7, 11) is 0. The highest BCUT2D eigenvalue weighted by atomic mass is 19.1. The Bertz CT molecular complexity index is 205. The molecule has 1 rings (SSSR count). The maximum Gasteiger partial charge on any atom is 0.100 e. The predicted octanol–water partition coefficient (Wildman–Crippen LogP) is 4.36. The van der Waals surface area contributed by atoms with E-state index in [1.54, 1.807) is 0 Å². The molecular formula is C14H27FO. The molecule has 0 aromatic heterocycles. The molecule has 0 heterocycles. The van der Waals surface area contributed by atoms with Crippen LogP contribution in [0.4, 0.5) is 4.39 Å². The lowest BCUT2D eigenvalue weighted by Crippen LogP contribution is -2.33. The zero-order chi connectivity index (χ0) is 12.2. The second-order valence-corrected chi connectivity index (χ2v) is 5.73. The third kappa shape index (κ3) is 3.44. The fourth-order valence-electron chi connectivity index (χ4n) is 2.81. The number of alkyl halides is 1. The molecule has 0 saturated heterocycles. The molecule has 0 amide bonds. The van der Waals surface area contributed by atoms with E-state index in [0.717, 1.165) is 13.0 Å². The summed E-state index contributed by atoms with van der Waals surface area (Å²) < 4.78 is 19.4. The third-order valence-electron chi connectivity index (χ3n) is 4.13. The van der Waals surface area contributed by atoms with E-state index in [1.807, 2.05) is 6.92 Å². The summed E-state index contributed by atoms with van der Waals surface area (Å²) in [4.78, 5) is 0. The minimum absolute atomic E-state index is 0.111. The molecule has 1 saturated carbocycles. The van der Waals surface area contributed by atoms with E-state index in [-0.39, 0.29) is 11.5 Å². The molecule has 96 valence electrons. The van der Waals surface area contributed by atoms with Gasteiger partial charge in [0.25, 0.3) is 0 Å². The van der Waals surface area contributed by atoms with Gasteiger partial charge in [-0.3, -0.25) is 0 Å². The molecule has 1 fully saturated rings. The Labute approximate surface area is 99.8 Å². The Balaban J connectivity index is 2.61. The average Bonchev–Trinajstić information content (AvgIpc) is 2.58. The van der Waals surface area contributed by atoms with Gasteiger partial charge >= 0.3 is 0 Å². The smallest absolute Gasteiger partial charge is 0.100 e. The van der Waals surface area contributed by atoms with E-state index in [9.17, 15) is 4.39 Å². The molecule has 16 heavy (non-hydrogen) atoms. The first-order valence-corrected chi connectivity index (χ1v) is 6.76. The van der Waals surface area contributed by atoms with Crippen LogP contribution in [0.15, 0.2) is 0 Å². The van der Waals surface area contributed by atoms with E-state index in [4.69, 9.17) is 4.74 Å². The van der Waals surface area contributed by atoms with Crippen molar-refractivity contribution in [2.45, 2.75) is 72.1 Å². The van der Waals surface area contributed by atoms with Gasteiger partial charge in [-0.05, 0) is 44.4 Å². The van der Waals surface area contributed by atoms with Crippen LogP contribution in [-0.4, -0.2) is 18.9 Å². The molecule has 0 aromatic carbocycles. The van der Waals surface area contributed by atoms with Gasteiger partial charge in [-0.2, -0.15) is 0 Å². The van der Waals surface area contributed by atoms with Gasteiger partial charge in [0.15, 0.2) is 0 Å². The highest BCUT2D eigenvalue weighted by Crippen LogP contribution is 2.47. The van der Waals surface area contributed by atoms with Crippen LogP contribution in [0.25, 0.3) is 0 Å². The molecule has 2 heteroatoms. The maximum absolute atomic E-state index is 13.7. The van der Waals surface area contributed by atoms with Gasteiger partial charge in [0, 0.05) is 0 Å². The van der Waals surface area contributed by atoms with Crippen LogP contribution in [0.3, 0.4) is 0 Å². The van der Waals surface area contributed by atoms with Gasteiger partial charge < -0.3 is 4.74 Å². The summed E-state index contributed by atoms with van der Waals surface area (Å²) in [5.74, 6) is 0.607. The first-order valence-electron chi connectivity index (χ1n) is 6.76. The minimum Gasteiger partial charge on any atom is -0.378 e. The van der Waals surface area contributed by atoms with Crippen molar-refractivity contribution in [3.8, 4) is 0 Å². The lowest BCUT2D eigenvalue weighted by Gasteiger charge is -2.35. The van der Waals surface area contributed by atoms with Crippen molar-refractivity contribution < 1.29 is 9.13 Å². The largest absolute Gasteiger partial charge is 0.378 e. The first kappa shape index (κ1) is 14.0. The van der Waals surface area contributed by atoms with E-state index in [2.05, 4.69) is 20.8 Å². The Morgan fingerprint density at radius 1 is 1.44 bits per heavy atom. The Kier molecular flexibility index (Phi) is 5.23. The van der Waals surface area contributed by atoms with Gasteiger partial charge in [0.05, 0.1) is 12.7 Å². The first-order chi connectivity index (χ1) is 7.50. The number of rotatable bonds is 6. The topological polar surface area (TPSA) is 9.23 Å². The summed E-state index contributed by atoms with van der Waals surface area (Å²) in [6, 6.07) is 0. The quantitative estimate of drug-likeness (QED) is 0.659. The van der Waals surface area contributed by atoms with Gasteiger partial charge in [-0.15, -0.1) is 0 Å². The molecule has 0 radical (unpaired) electrons. The Hall–Kier alpha value is -0.110. The van der Waals surface area contributed by atoms with E-state index in [1.165, 1.54) is 12.8 Å². The molecule has 1 aliphatic rings. The van der Waals surface area contributed by atoms with Crippen LogP contribution >= 0.6 is 0 Å².